The molecule has 178 valence electrons. The van der Waals surface area contributed by atoms with Crippen LogP contribution in [0.3, 0.4) is 0 Å². The number of nitrogens with zero attached hydrogens (tertiary/aromatic N) is 1. The Kier molecular flexibility index (Phi) is 7.80. The molecular weight excluding hydrogens is 444 g/mol. The number of carboxylic acid groups (broad SMARTS) is 1. The second-order valence-electron chi connectivity index (χ2n) is 8.82. The Morgan fingerprint density at radius 2 is 1.91 bits per heavy atom. The van der Waals surface area contributed by atoms with E-state index in [0.717, 1.165) is 5.56 Å². The van der Waals surface area contributed by atoms with Crippen molar-refractivity contribution in [1.29, 1.82) is 0 Å². The van der Waals surface area contributed by atoms with Crippen LogP contribution in [0, 0.1) is 5.92 Å². The first-order valence-corrected chi connectivity index (χ1v) is 11.9. The molecule has 0 aromatic heterocycles. The van der Waals surface area contributed by atoms with Crippen molar-refractivity contribution in [3.05, 3.63) is 47.2 Å². The zero-order valence-electron chi connectivity index (χ0n) is 18.9. The number of carboxylic acids is 1. The summed E-state index contributed by atoms with van der Waals surface area (Å²) in [7, 11) is 0. The first-order chi connectivity index (χ1) is 15.6. The number of benzene rings is 1. The van der Waals surface area contributed by atoms with Gasteiger partial charge in [-0.3, -0.25) is 19.3 Å². The minimum atomic E-state index is -1.12. The lowest BCUT2D eigenvalue weighted by Gasteiger charge is -2.50. The molecule has 1 saturated heterocycles. The molecule has 1 fully saturated rings. The van der Waals surface area contributed by atoms with E-state index in [1.165, 1.54) is 16.7 Å². The summed E-state index contributed by atoms with van der Waals surface area (Å²) in [4.78, 5) is 51.3. The predicted molar refractivity (Wildman–Crippen MR) is 125 cm³/mol. The molecule has 2 heterocycles. The van der Waals surface area contributed by atoms with Crippen molar-refractivity contribution in [2.75, 3.05) is 5.75 Å². The molecule has 3 amide bonds. The van der Waals surface area contributed by atoms with Crippen molar-refractivity contribution in [2.24, 2.45) is 11.7 Å². The van der Waals surface area contributed by atoms with Crippen LogP contribution in [0.1, 0.15) is 32.8 Å². The van der Waals surface area contributed by atoms with Crippen molar-refractivity contribution < 1.29 is 24.3 Å². The average Bonchev–Trinajstić information content (AvgIpc) is 2.76. The van der Waals surface area contributed by atoms with Crippen LogP contribution < -0.4 is 16.4 Å². The second-order valence-corrected chi connectivity index (χ2v) is 9.92. The minimum absolute atomic E-state index is 0.0708. The summed E-state index contributed by atoms with van der Waals surface area (Å²) >= 11 is 1.44. The van der Waals surface area contributed by atoms with Gasteiger partial charge in [-0.05, 0) is 36.8 Å². The third-order valence-corrected chi connectivity index (χ3v) is 7.04. The van der Waals surface area contributed by atoms with Crippen LogP contribution >= 0.6 is 11.8 Å². The number of carbonyl (C=O) groups is 4. The molecule has 3 rings (SSSR count). The molecule has 4 atom stereocenters. The molecule has 2 unspecified atom stereocenters. The van der Waals surface area contributed by atoms with Crippen molar-refractivity contribution in [2.45, 2.75) is 57.1 Å². The van der Waals surface area contributed by atoms with Crippen LogP contribution in [0.4, 0.5) is 0 Å². The van der Waals surface area contributed by atoms with Gasteiger partial charge in [0.25, 0.3) is 11.8 Å². The van der Waals surface area contributed by atoms with E-state index >= 15 is 0 Å². The van der Waals surface area contributed by atoms with Gasteiger partial charge in [0.1, 0.15) is 23.2 Å². The largest absolute Gasteiger partial charge is 0.480 e. The highest BCUT2D eigenvalue weighted by Gasteiger charge is 2.54. The highest BCUT2D eigenvalue weighted by molar-refractivity contribution is 8.00. The Hall–Kier alpha value is -2.85. The van der Waals surface area contributed by atoms with Crippen LogP contribution in [0.5, 0.6) is 0 Å². The smallest absolute Gasteiger partial charge is 0.326 e. The van der Waals surface area contributed by atoms with E-state index in [-0.39, 0.29) is 18.0 Å². The van der Waals surface area contributed by atoms with Crippen LogP contribution in [-0.4, -0.2) is 62.9 Å². The van der Waals surface area contributed by atoms with Crippen LogP contribution in [0.15, 0.2) is 41.6 Å². The van der Waals surface area contributed by atoms with E-state index in [9.17, 15) is 24.3 Å². The van der Waals surface area contributed by atoms with Gasteiger partial charge in [-0.2, -0.15) is 0 Å². The Morgan fingerprint density at radius 1 is 1.24 bits per heavy atom. The number of nitrogens with two attached hydrogens (primary N) is 1. The second kappa shape index (κ2) is 10.4. The van der Waals surface area contributed by atoms with Gasteiger partial charge in [-0.25, -0.2) is 4.79 Å². The average molecular weight is 475 g/mol. The normalized spacial score (nSPS) is 21.7. The van der Waals surface area contributed by atoms with Gasteiger partial charge >= 0.3 is 5.97 Å². The fraction of sp³-hybridized carbons (Fsp3) is 0.478. The number of aliphatic carboxylic acids is 1. The number of carbonyl (C=O) groups excluding carboxylic acids is 3. The summed E-state index contributed by atoms with van der Waals surface area (Å²) in [6.07, 6.45) is 0.617. The molecule has 9 nitrogen and oxygen atoms in total. The fourth-order valence-electron chi connectivity index (χ4n) is 3.93. The van der Waals surface area contributed by atoms with Gasteiger partial charge < -0.3 is 21.5 Å². The molecule has 0 bridgehead atoms. The van der Waals surface area contributed by atoms with Gasteiger partial charge in [0, 0.05) is 5.75 Å². The number of β-lactam (4-membered cyclic amide) rings is 1. The monoisotopic (exact) mass is 474 g/mol. The van der Waals surface area contributed by atoms with Crippen molar-refractivity contribution in [3.8, 4) is 0 Å². The van der Waals surface area contributed by atoms with E-state index in [2.05, 4.69) is 10.6 Å². The van der Waals surface area contributed by atoms with Crippen LogP contribution in [0.2, 0.25) is 0 Å². The lowest BCUT2D eigenvalue weighted by atomic mass is 10.00. The summed E-state index contributed by atoms with van der Waals surface area (Å²) in [5, 5.41) is 14.3. The minimum Gasteiger partial charge on any atom is -0.480 e. The Balaban J connectivity index is 1.66. The van der Waals surface area contributed by atoms with Crippen molar-refractivity contribution in [3.63, 3.8) is 0 Å². The third kappa shape index (κ3) is 5.56. The standard InChI is InChI=1S/C23H30N4O5S/c1-12(2)9-16(23(31)32)25-20(29)18-13(3)11-33-22-17(21(30)27(18)22)26-19(28)15(24)10-14-7-5-4-6-8-14/h4-8,12,15-17,22H,9-11,24H2,1-3H3,(H,25,29)(H,26,28)(H,31,32)/t15?,16?,17-,22-/m1/s1. The van der Waals surface area contributed by atoms with Crippen molar-refractivity contribution >= 4 is 35.5 Å². The van der Waals surface area contributed by atoms with Crippen LogP contribution in [-0.2, 0) is 25.6 Å². The first-order valence-electron chi connectivity index (χ1n) is 10.9. The zero-order chi connectivity index (χ0) is 24.3. The number of hydrogen-bond acceptors (Lipinski definition) is 6. The summed E-state index contributed by atoms with van der Waals surface area (Å²) in [5.74, 6) is -2.00. The topological polar surface area (TPSA) is 142 Å². The van der Waals surface area contributed by atoms with Gasteiger partial charge in [-0.15, -0.1) is 11.8 Å². The maximum absolute atomic E-state index is 12.9. The summed E-state index contributed by atoms with van der Waals surface area (Å²) < 4.78 is 0. The number of thioether (sulfide) groups is 1. The van der Waals surface area contributed by atoms with E-state index in [4.69, 9.17) is 5.73 Å². The Morgan fingerprint density at radius 3 is 2.52 bits per heavy atom. The highest BCUT2D eigenvalue weighted by atomic mass is 32.2. The molecular formula is C23H30N4O5S. The number of amides is 3. The summed E-state index contributed by atoms with van der Waals surface area (Å²) in [6.45, 7) is 5.48. The van der Waals surface area contributed by atoms with Gasteiger partial charge in [-0.1, -0.05) is 44.2 Å². The molecule has 2 aliphatic rings. The fourth-order valence-corrected chi connectivity index (χ4v) is 5.23. The SMILES string of the molecule is CC1=C(C(=O)NC(CC(C)C)C(=O)O)N2C(=O)[C@@H](NC(=O)C(N)Cc3ccccc3)[C@H]2SC1. The molecule has 2 aliphatic heterocycles. The molecule has 0 radical (unpaired) electrons. The van der Waals surface area contributed by atoms with E-state index in [1.54, 1.807) is 6.92 Å². The molecule has 0 spiro atoms. The molecule has 0 saturated carbocycles. The predicted octanol–water partition coefficient (Wildman–Crippen LogP) is 0.846. The molecule has 1 aromatic carbocycles. The molecule has 5 N–H and O–H groups in total. The molecule has 10 heteroatoms. The number of nitrogens with one attached hydrogen (secondary N) is 2. The maximum Gasteiger partial charge on any atom is 0.326 e. The maximum atomic E-state index is 12.9. The Bertz CT molecular complexity index is 965. The van der Waals surface area contributed by atoms with E-state index < -0.39 is 47.2 Å². The summed E-state index contributed by atoms with van der Waals surface area (Å²) in [5.41, 5.74) is 7.80. The van der Waals surface area contributed by atoms with Crippen molar-refractivity contribution in [1.82, 2.24) is 15.5 Å². The van der Waals surface area contributed by atoms with Gasteiger partial charge in [0.05, 0.1) is 6.04 Å². The van der Waals surface area contributed by atoms with E-state index in [1.807, 2.05) is 44.2 Å². The molecule has 33 heavy (non-hydrogen) atoms. The van der Waals surface area contributed by atoms with Gasteiger partial charge in [0.2, 0.25) is 5.91 Å². The lowest BCUT2D eigenvalue weighted by Crippen LogP contribution is -2.72. The number of fused-ring (bicyclic) bond motifs is 1. The van der Waals surface area contributed by atoms with Crippen LogP contribution in [0.25, 0.3) is 0 Å². The quantitative estimate of drug-likeness (QED) is 0.389. The van der Waals surface area contributed by atoms with Gasteiger partial charge in [0.15, 0.2) is 0 Å². The molecule has 1 aromatic rings. The highest BCUT2D eigenvalue weighted by Crippen LogP contribution is 2.40. The summed E-state index contributed by atoms with van der Waals surface area (Å²) in [6, 6.07) is 6.72. The first kappa shape index (κ1) is 24.8. The number of rotatable bonds is 9. The number of hydrogen-bond donors (Lipinski definition) is 4. The third-order valence-electron chi connectivity index (χ3n) is 5.62. The lowest BCUT2D eigenvalue weighted by molar-refractivity contribution is -0.148. The zero-order valence-corrected chi connectivity index (χ0v) is 19.7. The molecule has 0 aliphatic carbocycles. The van der Waals surface area contributed by atoms with E-state index in [0.29, 0.717) is 17.7 Å². The Labute approximate surface area is 197 Å².